The molecule has 0 aromatic carbocycles. The van der Waals surface area contributed by atoms with Crippen LogP contribution in [-0.2, 0) is 10.0 Å². The zero-order valence-electron chi connectivity index (χ0n) is 10.2. The first-order valence-electron chi connectivity index (χ1n) is 6.00. The van der Waals surface area contributed by atoms with E-state index in [-0.39, 0.29) is 23.3 Å². The van der Waals surface area contributed by atoms with Crippen LogP contribution in [0.1, 0.15) is 31.7 Å². The molecule has 1 aromatic rings. The maximum Gasteiger partial charge on any atom is 0.246 e. The number of nitrogen functional groups attached to an aromatic ring is 1. The van der Waals surface area contributed by atoms with E-state index < -0.39 is 10.0 Å². The van der Waals surface area contributed by atoms with Gasteiger partial charge in [0.2, 0.25) is 10.0 Å². The molecule has 1 aliphatic carbocycles. The number of anilines is 1. The maximum atomic E-state index is 11.9. The fourth-order valence-electron chi connectivity index (χ4n) is 2.25. The lowest BCUT2D eigenvalue weighted by Gasteiger charge is -2.12. The average molecular weight is 270 g/mol. The first-order valence-corrected chi connectivity index (χ1v) is 7.48. The fourth-order valence-corrected chi connectivity index (χ4v) is 3.30. The maximum absolute atomic E-state index is 11.9. The fraction of sp³-hybridized carbons (Fsp3) is 0.545. The van der Waals surface area contributed by atoms with Crippen molar-refractivity contribution in [2.24, 2.45) is 0 Å². The van der Waals surface area contributed by atoms with Crippen LogP contribution in [-0.4, -0.2) is 24.7 Å². The minimum absolute atomic E-state index is 0.0521. The van der Waals surface area contributed by atoms with Crippen molar-refractivity contribution in [3.8, 4) is 0 Å². The normalized spacial score (nSPS) is 17.1. The second-order valence-corrected chi connectivity index (χ2v) is 6.15. The predicted molar refractivity (Wildman–Crippen MR) is 69.5 cm³/mol. The zero-order valence-corrected chi connectivity index (χ0v) is 11.0. The Labute approximate surface area is 107 Å². The third kappa shape index (κ3) is 2.41. The van der Waals surface area contributed by atoms with Crippen molar-refractivity contribution >= 4 is 15.8 Å². The standard InChI is InChI=1S/C11H18N4O2S/c1-2-7-14-18(16,17)10-8-13-15(11(10)12)9-5-3-4-6-9/h2,8-9,14H,1,3-7,12H2. The van der Waals surface area contributed by atoms with Gasteiger partial charge in [0, 0.05) is 6.54 Å². The lowest BCUT2D eigenvalue weighted by molar-refractivity contribution is 0.473. The van der Waals surface area contributed by atoms with Gasteiger partial charge in [-0.15, -0.1) is 6.58 Å². The van der Waals surface area contributed by atoms with Crippen LogP contribution in [0.4, 0.5) is 5.82 Å². The summed E-state index contributed by atoms with van der Waals surface area (Å²) in [6.45, 7) is 3.65. The van der Waals surface area contributed by atoms with E-state index in [9.17, 15) is 8.42 Å². The number of nitrogens with zero attached hydrogens (tertiary/aromatic N) is 2. The first-order chi connectivity index (χ1) is 8.56. The van der Waals surface area contributed by atoms with E-state index in [0.29, 0.717) is 0 Å². The molecule has 0 radical (unpaired) electrons. The average Bonchev–Trinajstić information content (AvgIpc) is 2.95. The largest absolute Gasteiger partial charge is 0.383 e. The third-order valence-corrected chi connectivity index (χ3v) is 4.62. The molecule has 0 atom stereocenters. The Kier molecular flexibility index (Phi) is 3.72. The second-order valence-electron chi connectivity index (χ2n) is 4.42. The highest BCUT2D eigenvalue weighted by Gasteiger charge is 2.25. The zero-order chi connectivity index (χ0) is 13.2. The molecule has 1 saturated carbocycles. The topological polar surface area (TPSA) is 90.0 Å². The van der Waals surface area contributed by atoms with Crippen LogP contribution in [0.2, 0.25) is 0 Å². The minimum atomic E-state index is -3.59. The minimum Gasteiger partial charge on any atom is -0.383 e. The lowest BCUT2D eigenvalue weighted by atomic mass is 10.2. The number of nitrogens with one attached hydrogen (secondary N) is 1. The Morgan fingerprint density at radius 2 is 2.22 bits per heavy atom. The Morgan fingerprint density at radius 3 is 2.83 bits per heavy atom. The molecule has 1 fully saturated rings. The molecule has 0 bridgehead atoms. The molecular formula is C11H18N4O2S. The van der Waals surface area contributed by atoms with Gasteiger partial charge in [-0.25, -0.2) is 17.8 Å². The molecule has 2 rings (SSSR count). The molecule has 0 saturated heterocycles. The molecule has 1 heterocycles. The quantitative estimate of drug-likeness (QED) is 0.782. The van der Waals surface area contributed by atoms with Crippen molar-refractivity contribution < 1.29 is 8.42 Å². The highest BCUT2D eigenvalue weighted by Crippen LogP contribution is 2.32. The number of hydrogen-bond acceptors (Lipinski definition) is 4. The Balaban J connectivity index is 2.27. The van der Waals surface area contributed by atoms with Crippen LogP contribution in [0.3, 0.4) is 0 Å². The molecule has 0 amide bonds. The van der Waals surface area contributed by atoms with Gasteiger partial charge in [0.15, 0.2) is 0 Å². The highest BCUT2D eigenvalue weighted by molar-refractivity contribution is 7.89. The Bertz CT molecular complexity index is 529. The van der Waals surface area contributed by atoms with E-state index >= 15 is 0 Å². The third-order valence-electron chi connectivity index (χ3n) is 3.18. The predicted octanol–water partition coefficient (Wildman–Crippen LogP) is 1.04. The monoisotopic (exact) mass is 270 g/mol. The first kappa shape index (κ1) is 13.1. The summed E-state index contributed by atoms with van der Waals surface area (Å²) in [5.74, 6) is 0.221. The summed E-state index contributed by atoms with van der Waals surface area (Å²) >= 11 is 0. The molecule has 3 N–H and O–H groups in total. The Morgan fingerprint density at radius 1 is 1.56 bits per heavy atom. The van der Waals surface area contributed by atoms with E-state index in [1.807, 2.05) is 0 Å². The van der Waals surface area contributed by atoms with Crippen molar-refractivity contribution in [2.75, 3.05) is 12.3 Å². The van der Waals surface area contributed by atoms with Crippen molar-refractivity contribution in [2.45, 2.75) is 36.6 Å². The number of rotatable bonds is 5. The summed E-state index contributed by atoms with van der Waals surface area (Å²) in [5, 5.41) is 4.12. The van der Waals surface area contributed by atoms with Crippen molar-refractivity contribution in [3.05, 3.63) is 18.9 Å². The Hall–Kier alpha value is -1.34. The summed E-state index contributed by atoms with van der Waals surface area (Å²) in [4.78, 5) is 0.0521. The van der Waals surface area contributed by atoms with E-state index in [2.05, 4.69) is 16.4 Å². The second kappa shape index (κ2) is 5.11. The van der Waals surface area contributed by atoms with Crippen LogP contribution in [0.15, 0.2) is 23.7 Å². The van der Waals surface area contributed by atoms with Gasteiger partial charge >= 0.3 is 0 Å². The molecule has 0 unspecified atom stereocenters. The number of sulfonamides is 1. The highest BCUT2D eigenvalue weighted by atomic mass is 32.2. The summed E-state index contributed by atoms with van der Waals surface area (Å²) in [5.41, 5.74) is 5.90. The lowest BCUT2D eigenvalue weighted by Crippen LogP contribution is -2.24. The van der Waals surface area contributed by atoms with Crippen LogP contribution in [0, 0.1) is 0 Å². The molecule has 1 aliphatic rings. The number of hydrogen-bond donors (Lipinski definition) is 2. The van der Waals surface area contributed by atoms with Gasteiger partial charge in [-0.1, -0.05) is 18.9 Å². The van der Waals surface area contributed by atoms with Crippen molar-refractivity contribution in [3.63, 3.8) is 0 Å². The van der Waals surface area contributed by atoms with E-state index in [4.69, 9.17) is 5.73 Å². The van der Waals surface area contributed by atoms with Crippen LogP contribution in [0.5, 0.6) is 0 Å². The molecular weight excluding hydrogens is 252 g/mol. The van der Waals surface area contributed by atoms with E-state index in [1.54, 1.807) is 4.68 Å². The summed E-state index contributed by atoms with van der Waals surface area (Å²) < 4.78 is 27.9. The molecule has 7 heteroatoms. The molecule has 100 valence electrons. The van der Waals surface area contributed by atoms with Gasteiger partial charge in [-0.05, 0) is 12.8 Å². The molecule has 1 aromatic heterocycles. The molecule has 0 aliphatic heterocycles. The van der Waals surface area contributed by atoms with Gasteiger partial charge in [-0.3, -0.25) is 0 Å². The van der Waals surface area contributed by atoms with E-state index in [1.165, 1.54) is 12.3 Å². The number of aromatic nitrogens is 2. The molecule has 0 spiro atoms. The molecule has 6 nitrogen and oxygen atoms in total. The van der Waals surface area contributed by atoms with Gasteiger partial charge in [0.25, 0.3) is 0 Å². The van der Waals surface area contributed by atoms with Crippen molar-refractivity contribution in [1.82, 2.24) is 14.5 Å². The van der Waals surface area contributed by atoms with Crippen LogP contribution in [0.25, 0.3) is 0 Å². The van der Waals surface area contributed by atoms with Crippen LogP contribution >= 0.6 is 0 Å². The van der Waals surface area contributed by atoms with Gasteiger partial charge in [0.05, 0.1) is 12.2 Å². The summed E-state index contributed by atoms with van der Waals surface area (Å²) in [6.07, 6.45) is 7.09. The smallest absolute Gasteiger partial charge is 0.246 e. The number of nitrogens with two attached hydrogens (primary N) is 1. The van der Waals surface area contributed by atoms with Crippen molar-refractivity contribution in [1.29, 1.82) is 0 Å². The van der Waals surface area contributed by atoms with E-state index in [0.717, 1.165) is 25.7 Å². The summed E-state index contributed by atoms with van der Waals surface area (Å²) in [7, 11) is -3.59. The summed E-state index contributed by atoms with van der Waals surface area (Å²) in [6, 6.07) is 0.230. The van der Waals surface area contributed by atoms with Gasteiger partial charge in [0.1, 0.15) is 10.7 Å². The van der Waals surface area contributed by atoms with Crippen LogP contribution < -0.4 is 10.5 Å². The SMILES string of the molecule is C=CCNS(=O)(=O)c1cnn(C2CCCC2)c1N. The van der Waals surface area contributed by atoms with Gasteiger partial charge < -0.3 is 5.73 Å². The van der Waals surface area contributed by atoms with Gasteiger partial charge in [-0.2, -0.15) is 5.10 Å². The molecule has 18 heavy (non-hydrogen) atoms.